The second kappa shape index (κ2) is 5.81. The van der Waals surface area contributed by atoms with Crippen LogP contribution in [0.4, 0.5) is 13.2 Å². The van der Waals surface area contributed by atoms with E-state index in [1.54, 1.807) is 39.1 Å². The maximum Gasteiger partial charge on any atom is 0.573 e. The highest BCUT2D eigenvalue weighted by Crippen LogP contribution is 2.35. The number of alkyl halides is 3. The Morgan fingerprint density at radius 3 is 2.33 bits per heavy atom. The van der Waals surface area contributed by atoms with Gasteiger partial charge in [-0.1, -0.05) is 18.2 Å². The lowest BCUT2D eigenvalue weighted by molar-refractivity contribution is -0.275. The predicted octanol–water partition coefficient (Wildman–Crippen LogP) is 4.10. The third-order valence-electron chi connectivity index (χ3n) is 3.13. The number of nitrogens with one attached hydrogen (secondary N) is 1. The summed E-state index contributed by atoms with van der Waals surface area (Å²) < 4.78 is 47.1. The van der Waals surface area contributed by atoms with Crippen LogP contribution in [0.25, 0.3) is 0 Å². The molecule has 0 amide bonds. The molecule has 1 aromatic carbocycles. The Morgan fingerprint density at radius 2 is 1.81 bits per heavy atom. The van der Waals surface area contributed by atoms with Crippen molar-refractivity contribution in [1.29, 1.82) is 0 Å². The lowest BCUT2D eigenvalue weighted by Gasteiger charge is -2.20. The van der Waals surface area contributed by atoms with Crippen LogP contribution in [0.5, 0.6) is 5.75 Å². The molecule has 1 atom stereocenters. The molecule has 2 aromatic rings. The van der Waals surface area contributed by atoms with Crippen molar-refractivity contribution in [3.8, 4) is 5.75 Å². The number of hydrogen-bond donors (Lipinski definition) is 1. The summed E-state index contributed by atoms with van der Waals surface area (Å²) >= 11 is 0. The zero-order valence-electron chi connectivity index (χ0n) is 11.9. The predicted molar refractivity (Wildman–Crippen MR) is 72.2 cm³/mol. The van der Waals surface area contributed by atoms with Gasteiger partial charge in [0.1, 0.15) is 17.3 Å². The van der Waals surface area contributed by atoms with Crippen LogP contribution in [0.2, 0.25) is 0 Å². The molecule has 1 aromatic heterocycles. The molecule has 6 heteroatoms. The fraction of sp³-hybridized carbons (Fsp3) is 0.333. The quantitative estimate of drug-likeness (QED) is 0.923. The van der Waals surface area contributed by atoms with Crippen LogP contribution >= 0.6 is 0 Å². The zero-order chi connectivity index (χ0) is 15.6. The highest BCUT2D eigenvalue weighted by molar-refractivity contribution is 5.43. The molecule has 0 aliphatic rings. The summed E-state index contributed by atoms with van der Waals surface area (Å²) in [5.41, 5.74) is 1.19. The average Bonchev–Trinajstić information content (AvgIpc) is 2.70. The summed E-state index contributed by atoms with van der Waals surface area (Å²) in [5.74, 6) is 1.15. The molecule has 1 N–H and O–H groups in total. The van der Waals surface area contributed by atoms with E-state index in [0.717, 1.165) is 5.56 Å². The molecule has 3 nitrogen and oxygen atoms in total. The van der Waals surface area contributed by atoms with Crippen LogP contribution in [0.3, 0.4) is 0 Å². The maximum atomic E-state index is 12.5. The van der Waals surface area contributed by atoms with Gasteiger partial charge in [-0.05, 0) is 33.0 Å². The molecular formula is C15H16F3NO2. The molecule has 0 radical (unpaired) electrons. The lowest BCUT2D eigenvalue weighted by atomic mass is 9.98. The third-order valence-corrected chi connectivity index (χ3v) is 3.13. The fourth-order valence-electron chi connectivity index (χ4n) is 2.35. The van der Waals surface area contributed by atoms with E-state index in [1.807, 2.05) is 0 Å². The van der Waals surface area contributed by atoms with Crippen molar-refractivity contribution in [3.05, 3.63) is 53.0 Å². The molecule has 0 saturated carbocycles. The molecule has 114 valence electrons. The highest BCUT2D eigenvalue weighted by atomic mass is 19.4. The highest BCUT2D eigenvalue weighted by Gasteiger charge is 2.33. The van der Waals surface area contributed by atoms with Gasteiger partial charge in [0.15, 0.2) is 0 Å². The smallest absolute Gasteiger partial charge is 0.466 e. The Morgan fingerprint density at radius 1 is 1.14 bits per heavy atom. The first kappa shape index (κ1) is 15.4. The number of para-hydroxylation sites is 1. The van der Waals surface area contributed by atoms with Crippen LogP contribution < -0.4 is 10.1 Å². The number of hydrogen-bond acceptors (Lipinski definition) is 3. The minimum absolute atomic E-state index is 0.220. The van der Waals surface area contributed by atoms with Crippen molar-refractivity contribution in [2.75, 3.05) is 7.05 Å². The molecule has 2 rings (SSSR count). The Hall–Kier alpha value is -1.95. The monoisotopic (exact) mass is 299 g/mol. The fourth-order valence-corrected chi connectivity index (χ4v) is 2.35. The van der Waals surface area contributed by atoms with Gasteiger partial charge >= 0.3 is 6.36 Å². The average molecular weight is 299 g/mol. The second-order valence-corrected chi connectivity index (χ2v) is 4.68. The van der Waals surface area contributed by atoms with Crippen LogP contribution in [0.15, 0.2) is 34.7 Å². The topological polar surface area (TPSA) is 34.4 Å². The molecule has 0 spiro atoms. The van der Waals surface area contributed by atoms with Gasteiger partial charge in [0.2, 0.25) is 0 Å². The SMILES string of the molecule is CNC(c1ccccc1OC(F)(F)F)c1cc(C)oc1C. The Bertz CT molecular complexity index is 620. The van der Waals surface area contributed by atoms with E-state index in [0.29, 0.717) is 17.1 Å². The molecule has 1 unspecified atom stereocenters. The van der Waals surface area contributed by atoms with E-state index >= 15 is 0 Å². The van der Waals surface area contributed by atoms with E-state index in [9.17, 15) is 13.2 Å². The van der Waals surface area contributed by atoms with E-state index < -0.39 is 12.4 Å². The number of aryl methyl sites for hydroxylation is 2. The minimum Gasteiger partial charge on any atom is -0.466 e. The molecule has 1 heterocycles. The molecule has 0 aliphatic carbocycles. The van der Waals surface area contributed by atoms with Crippen molar-refractivity contribution < 1.29 is 22.3 Å². The van der Waals surface area contributed by atoms with E-state index in [-0.39, 0.29) is 5.75 Å². The van der Waals surface area contributed by atoms with E-state index in [1.165, 1.54) is 12.1 Å². The Kier molecular flexibility index (Phi) is 4.27. The van der Waals surface area contributed by atoms with E-state index in [4.69, 9.17) is 4.42 Å². The number of furan rings is 1. The van der Waals surface area contributed by atoms with Crippen molar-refractivity contribution in [1.82, 2.24) is 5.32 Å². The summed E-state index contributed by atoms with van der Waals surface area (Å²) in [4.78, 5) is 0. The van der Waals surface area contributed by atoms with Crippen molar-refractivity contribution >= 4 is 0 Å². The first-order valence-electron chi connectivity index (χ1n) is 6.40. The molecule has 0 bridgehead atoms. The second-order valence-electron chi connectivity index (χ2n) is 4.68. The first-order chi connectivity index (χ1) is 9.81. The Balaban J connectivity index is 2.46. The van der Waals surface area contributed by atoms with Crippen LogP contribution in [0, 0.1) is 13.8 Å². The zero-order valence-corrected chi connectivity index (χ0v) is 11.9. The number of rotatable bonds is 4. The largest absolute Gasteiger partial charge is 0.573 e. The van der Waals surface area contributed by atoms with Gasteiger partial charge in [-0.25, -0.2) is 0 Å². The number of benzene rings is 1. The molecular weight excluding hydrogens is 283 g/mol. The van der Waals surface area contributed by atoms with E-state index in [2.05, 4.69) is 10.1 Å². The van der Waals surface area contributed by atoms with Crippen molar-refractivity contribution in [2.45, 2.75) is 26.3 Å². The molecule has 0 aliphatic heterocycles. The van der Waals surface area contributed by atoms with Gasteiger partial charge < -0.3 is 14.5 Å². The van der Waals surface area contributed by atoms with Crippen LogP contribution in [0.1, 0.15) is 28.7 Å². The van der Waals surface area contributed by atoms with Gasteiger partial charge in [-0.2, -0.15) is 0 Å². The summed E-state index contributed by atoms with van der Waals surface area (Å²) in [6, 6.07) is 7.44. The lowest BCUT2D eigenvalue weighted by Crippen LogP contribution is -2.22. The van der Waals surface area contributed by atoms with Gasteiger partial charge in [-0.3, -0.25) is 0 Å². The maximum absolute atomic E-state index is 12.5. The third kappa shape index (κ3) is 3.58. The van der Waals surface area contributed by atoms with Crippen molar-refractivity contribution in [2.24, 2.45) is 0 Å². The summed E-state index contributed by atoms with van der Waals surface area (Å²) in [6.45, 7) is 3.57. The molecule has 0 fully saturated rings. The standard InChI is InChI=1S/C15H16F3NO2/c1-9-8-12(10(2)20-9)14(19-3)11-6-4-5-7-13(11)21-15(16,17)18/h4-8,14,19H,1-3H3. The number of halogens is 3. The van der Waals surface area contributed by atoms with Crippen LogP contribution in [-0.2, 0) is 0 Å². The van der Waals surface area contributed by atoms with Crippen molar-refractivity contribution in [3.63, 3.8) is 0 Å². The number of ether oxygens (including phenoxy) is 1. The van der Waals surface area contributed by atoms with Gasteiger partial charge in [0, 0.05) is 11.1 Å². The minimum atomic E-state index is -4.73. The van der Waals surface area contributed by atoms with Gasteiger partial charge in [0.05, 0.1) is 6.04 Å². The summed E-state index contributed by atoms with van der Waals surface area (Å²) in [6.07, 6.45) is -4.73. The normalized spacial score (nSPS) is 13.2. The first-order valence-corrected chi connectivity index (χ1v) is 6.40. The molecule has 0 saturated heterocycles. The summed E-state index contributed by atoms with van der Waals surface area (Å²) in [7, 11) is 1.68. The van der Waals surface area contributed by atoms with Crippen LogP contribution in [-0.4, -0.2) is 13.4 Å². The van der Waals surface area contributed by atoms with Gasteiger partial charge in [-0.15, -0.1) is 13.2 Å². The Labute approximate surface area is 120 Å². The van der Waals surface area contributed by atoms with Gasteiger partial charge in [0.25, 0.3) is 0 Å². The molecule has 21 heavy (non-hydrogen) atoms. The summed E-state index contributed by atoms with van der Waals surface area (Å²) in [5, 5.41) is 3.01.